The van der Waals surface area contributed by atoms with Gasteiger partial charge >= 0.3 is 23.9 Å². The predicted octanol–water partition coefficient (Wildman–Crippen LogP) is 21.7. The van der Waals surface area contributed by atoms with Gasteiger partial charge in [0.1, 0.15) is 34.5 Å². The molecule has 0 amide bonds. The minimum absolute atomic E-state index is 0.250. The average Bonchev–Trinajstić information content (AvgIpc) is 2.39. The second-order valence-electron chi connectivity index (χ2n) is 24.8. The number of unbranched alkanes of at least 4 members (excludes halogenated alkanes) is 30. The van der Waals surface area contributed by atoms with Crippen LogP contribution in [-0.4, -0.2) is 37.1 Å². The molecule has 10 nitrogen and oxygen atoms in total. The Kier molecular flexibility index (Phi) is 32.8. The molecule has 0 radical (unpaired) electrons. The second-order valence-corrected chi connectivity index (χ2v) is 24.8. The van der Waals surface area contributed by atoms with Crippen molar-refractivity contribution in [2.24, 2.45) is 0 Å². The molecule has 0 aromatic heterocycles. The second kappa shape index (κ2) is 42.0. The zero-order valence-corrected chi connectivity index (χ0v) is 54.7. The molecule has 10 rings (SSSR count). The molecule has 4 aliphatic carbocycles. The lowest BCUT2D eigenvalue weighted by atomic mass is 9.90. The summed E-state index contributed by atoms with van der Waals surface area (Å²) >= 11 is 0. The van der Waals surface area contributed by atoms with Crippen molar-refractivity contribution in [3.8, 4) is 34.5 Å². The van der Waals surface area contributed by atoms with Crippen LogP contribution >= 0.6 is 0 Å². The largest absolute Gasteiger partial charge is 0.494 e. The van der Waals surface area contributed by atoms with E-state index in [9.17, 15) is 19.2 Å². The molecule has 0 atom stereocenters. The van der Waals surface area contributed by atoms with Crippen LogP contribution in [0, 0.1) is 0 Å². The van der Waals surface area contributed by atoms with Gasteiger partial charge in [-0.3, -0.25) is 0 Å². The number of esters is 4. The van der Waals surface area contributed by atoms with Gasteiger partial charge in [-0.25, -0.2) is 19.2 Å². The molecule has 90 heavy (non-hydrogen) atoms. The lowest BCUT2D eigenvalue weighted by molar-refractivity contribution is 0.0715. The van der Waals surface area contributed by atoms with Gasteiger partial charge < -0.3 is 28.4 Å². The lowest BCUT2D eigenvalue weighted by Crippen LogP contribution is -2.18. The highest BCUT2D eigenvalue weighted by molar-refractivity contribution is 5.98. The summed E-state index contributed by atoms with van der Waals surface area (Å²) in [6, 6.07) is 38.5. The summed E-state index contributed by atoms with van der Waals surface area (Å²) in [5.41, 5.74) is 4.72. The van der Waals surface area contributed by atoms with Crippen molar-refractivity contribution in [1.29, 1.82) is 0 Å². The number of aryl methyl sites for hydroxylation is 4. The minimum Gasteiger partial charge on any atom is -0.494 e. The van der Waals surface area contributed by atoms with Crippen LogP contribution in [0.1, 0.15) is 283 Å². The first-order chi connectivity index (χ1) is 44.2. The van der Waals surface area contributed by atoms with E-state index >= 15 is 0 Å². The smallest absolute Gasteiger partial charge is 0.343 e. The molecule has 4 bridgehead atoms. The minimum atomic E-state index is -0.586. The van der Waals surface area contributed by atoms with E-state index < -0.39 is 23.9 Å². The summed E-state index contributed by atoms with van der Waals surface area (Å²) in [5.74, 6) is 0.488. The first-order valence-electron chi connectivity index (χ1n) is 35.0. The molecule has 0 saturated heterocycles. The SMILES string of the molecule is CCCCCCCCCCCCCCCCCCOc1ccc(OC(=O)c2ccc(OC(=O)c3cc4c(C(=O)Oc5ccc(C(=O)Oc6ccc(OCCCCCCCCCCCCCCCCCC)cc6)cc5)cc3CCc3ccc(cc3)CC4)cc2)cc1. The maximum absolute atomic E-state index is 14.1. The maximum atomic E-state index is 14.1. The molecular formula is C80H104O10. The summed E-state index contributed by atoms with van der Waals surface area (Å²) in [4.78, 5) is 54.6. The van der Waals surface area contributed by atoms with Gasteiger partial charge in [0.2, 0.25) is 0 Å². The molecule has 0 N–H and O–H groups in total. The van der Waals surface area contributed by atoms with Gasteiger partial charge in [-0.05, 0) is 170 Å². The van der Waals surface area contributed by atoms with Crippen molar-refractivity contribution < 1.29 is 47.6 Å². The van der Waals surface area contributed by atoms with E-state index in [1.807, 2.05) is 24.3 Å². The fraction of sp³-hybridized carbons (Fsp3) is 0.500. The summed E-state index contributed by atoms with van der Waals surface area (Å²) in [6.45, 7) is 5.85. The van der Waals surface area contributed by atoms with Crippen LogP contribution in [0.3, 0.4) is 0 Å². The molecule has 10 heteroatoms. The Morgan fingerprint density at radius 1 is 0.267 bits per heavy atom. The van der Waals surface area contributed by atoms with E-state index in [0.29, 0.717) is 83.8 Å². The van der Waals surface area contributed by atoms with Crippen LogP contribution in [0.25, 0.3) is 0 Å². The number of ether oxygens (including phenoxy) is 6. The maximum Gasteiger partial charge on any atom is 0.343 e. The van der Waals surface area contributed by atoms with E-state index in [4.69, 9.17) is 28.4 Å². The Labute approximate surface area is 539 Å². The first-order valence-corrected chi connectivity index (χ1v) is 35.0. The normalized spacial score (nSPS) is 11.8. The molecule has 0 unspecified atom stereocenters. The quantitative estimate of drug-likeness (QED) is 0.0207. The summed E-state index contributed by atoms with van der Waals surface area (Å²) in [5, 5.41) is 0. The van der Waals surface area contributed by atoms with Gasteiger partial charge in [0.25, 0.3) is 0 Å². The van der Waals surface area contributed by atoms with Crippen molar-refractivity contribution in [3.05, 3.63) is 178 Å². The number of hydrogen-bond donors (Lipinski definition) is 0. The van der Waals surface area contributed by atoms with Crippen LogP contribution in [0.15, 0.2) is 133 Å². The summed E-state index contributed by atoms with van der Waals surface area (Å²) < 4.78 is 35.2. The van der Waals surface area contributed by atoms with Crippen molar-refractivity contribution in [3.63, 3.8) is 0 Å². The third kappa shape index (κ3) is 26.7. The van der Waals surface area contributed by atoms with Crippen molar-refractivity contribution in [2.45, 2.75) is 245 Å². The Hall–Kier alpha value is -7.20. The van der Waals surface area contributed by atoms with Crippen molar-refractivity contribution >= 4 is 23.9 Å². The zero-order valence-electron chi connectivity index (χ0n) is 54.7. The van der Waals surface area contributed by atoms with Crippen LogP contribution in [-0.2, 0) is 25.7 Å². The zero-order chi connectivity index (χ0) is 63.1. The molecular weight excluding hydrogens is 1120 g/mol. The van der Waals surface area contributed by atoms with Crippen LogP contribution < -0.4 is 28.4 Å². The Morgan fingerprint density at radius 2 is 0.500 bits per heavy atom. The highest BCUT2D eigenvalue weighted by atomic mass is 16.5. The van der Waals surface area contributed by atoms with Gasteiger partial charge in [-0.2, -0.15) is 0 Å². The van der Waals surface area contributed by atoms with E-state index in [2.05, 4.69) is 38.1 Å². The van der Waals surface area contributed by atoms with Gasteiger partial charge in [0.15, 0.2) is 0 Å². The predicted molar refractivity (Wildman–Crippen MR) is 363 cm³/mol. The molecule has 0 aliphatic heterocycles. The van der Waals surface area contributed by atoms with E-state index in [1.165, 1.54) is 180 Å². The number of benzene rings is 6. The lowest BCUT2D eigenvalue weighted by Gasteiger charge is -2.17. The van der Waals surface area contributed by atoms with Crippen molar-refractivity contribution in [1.82, 2.24) is 0 Å². The van der Waals surface area contributed by atoms with E-state index in [0.717, 1.165) is 48.3 Å². The third-order valence-electron chi connectivity index (χ3n) is 17.4. The average molecular weight is 1230 g/mol. The highest BCUT2D eigenvalue weighted by Crippen LogP contribution is 2.29. The highest BCUT2D eigenvalue weighted by Gasteiger charge is 2.24. The van der Waals surface area contributed by atoms with Gasteiger partial charge in [-0.1, -0.05) is 231 Å². The van der Waals surface area contributed by atoms with E-state index in [1.54, 1.807) is 84.9 Å². The van der Waals surface area contributed by atoms with E-state index in [-0.39, 0.29) is 11.5 Å². The van der Waals surface area contributed by atoms with Crippen LogP contribution in [0.4, 0.5) is 0 Å². The van der Waals surface area contributed by atoms with Crippen LogP contribution in [0.5, 0.6) is 34.5 Å². The van der Waals surface area contributed by atoms with Crippen LogP contribution in [0.2, 0.25) is 0 Å². The Morgan fingerprint density at radius 3 is 0.778 bits per heavy atom. The molecule has 6 aromatic rings. The molecule has 0 spiro atoms. The molecule has 4 aliphatic rings. The number of carbonyl (C=O) groups is 4. The third-order valence-corrected chi connectivity index (χ3v) is 17.4. The molecule has 484 valence electrons. The fourth-order valence-electron chi connectivity index (χ4n) is 11.8. The standard InChI is InChI=1S/C80H104O10/c1-3-5-7-9-11-13-15-17-19-21-23-25-27-29-31-33-59-85-69-51-55-73(56-52-69)87-77(81)65-43-47-71(48-44-65)89-79(83)75-61-68-42-40-64-37-35-63(36-38-64)39-41-67(75)62-76(68)80(84)90-72-49-45-66(46-50-72)78(82)88-74-57-53-70(54-58-74)86-60-34-32-30-28-26-24-22-20-18-16-14-12-10-8-6-4-2/h35-38,43-58,61-62H,3-34,39-42,59-60H2,1-2H3. The Bertz CT molecular complexity index is 2780. The van der Waals surface area contributed by atoms with Gasteiger partial charge in [0, 0.05) is 0 Å². The Balaban J connectivity index is 0.811. The molecule has 0 heterocycles. The topological polar surface area (TPSA) is 124 Å². The number of rotatable bonds is 44. The summed E-state index contributed by atoms with van der Waals surface area (Å²) in [7, 11) is 0. The van der Waals surface area contributed by atoms with Gasteiger partial charge in [-0.15, -0.1) is 0 Å². The number of hydrogen-bond acceptors (Lipinski definition) is 10. The summed E-state index contributed by atoms with van der Waals surface area (Å²) in [6.07, 6.45) is 44.6. The van der Waals surface area contributed by atoms with Crippen molar-refractivity contribution in [2.75, 3.05) is 13.2 Å². The van der Waals surface area contributed by atoms with Gasteiger partial charge in [0.05, 0.1) is 35.5 Å². The first kappa shape index (κ1) is 70.3. The number of carbonyl (C=O) groups excluding carboxylic acids is 4. The fourth-order valence-corrected chi connectivity index (χ4v) is 11.8. The molecule has 0 saturated carbocycles. The molecule has 0 fully saturated rings. The molecule has 6 aromatic carbocycles. The monoisotopic (exact) mass is 1220 g/mol.